The molecule has 0 spiro atoms. The van der Waals surface area contributed by atoms with Crippen LogP contribution in [0.4, 0.5) is 0 Å². The Morgan fingerprint density at radius 3 is 2.33 bits per heavy atom. The third-order valence-electron chi connectivity index (χ3n) is 6.47. The van der Waals surface area contributed by atoms with Gasteiger partial charge in [0.15, 0.2) is 0 Å². The van der Waals surface area contributed by atoms with Gasteiger partial charge in [-0.25, -0.2) is 0 Å². The van der Waals surface area contributed by atoms with E-state index in [0.29, 0.717) is 13.0 Å². The third kappa shape index (κ3) is 4.26. The Morgan fingerprint density at radius 1 is 0.848 bits per heavy atom. The number of benzene rings is 4. The van der Waals surface area contributed by atoms with Gasteiger partial charge >= 0.3 is 210 Å². The quantitative estimate of drug-likeness (QED) is 0.212. The molecule has 5 heteroatoms. The van der Waals surface area contributed by atoms with Crippen LogP contribution in [0, 0.1) is 0 Å². The molecule has 0 atom stereocenters. The molecule has 5 rings (SSSR count). The molecule has 4 aromatic carbocycles. The zero-order valence-electron chi connectivity index (χ0n) is 18.4. The summed E-state index contributed by atoms with van der Waals surface area (Å²) in [6.45, 7) is 2.45. The Kier molecular flexibility index (Phi) is 6.63. The van der Waals surface area contributed by atoms with Crippen LogP contribution in [0.25, 0.3) is 33.0 Å². The minimum atomic E-state index is -2.67. The van der Waals surface area contributed by atoms with Gasteiger partial charge in [0.05, 0.1) is 0 Å². The van der Waals surface area contributed by atoms with E-state index in [1.54, 1.807) is 3.38 Å². The number of nitrogens with zero attached hydrogens (tertiary/aromatic N) is 1. The number of hydrogen-bond acceptors (Lipinski definition) is 1. The predicted octanol–water partition coefficient (Wildman–Crippen LogP) is 8.05. The van der Waals surface area contributed by atoms with E-state index >= 15 is 0 Å². The molecule has 0 bridgehead atoms. The van der Waals surface area contributed by atoms with Gasteiger partial charge in [0.2, 0.25) is 0 Å². The molecule has 33 heavy (non-hydrogen) atoms. The van der Waals surface area contributed by atoms with E-state index in [1.807, 2.05) is 13.0 Å². The molecule has 0 radical (unpaired) electrons. The van der Waals surface area contributed by atoms with Crippen molar-refractivity contribution in [3.8, 4) is 22.3 Å². The van der Waals surface area contributed by atoms with Crippen LogP contribution in [0.1, 0.15) is 36.5 Å². The fraction of sp³-hybridized carbons (Fsp3) is 0.179. The van der Waals surface area contributed by atoms with Gasteiger partial charge in [0.1, 0.15) is 0 Å². The first-order valence-electron chi connectivity index (χ1n) is 11.3. The Bertz CT molecular complexity index is 1350. The fourth-order valence-corrected chi connectivity index (χ4v) is 7.09. The number of hydrogen-bond donors (Lipinski definition) is 0. The Morgan fingerprint density at radius 2 is 1.55 bits per heavy atom. The summed E-state index contributed by atoms with van der Waals surface area (Å²) in [6, 6.07) is 27.9. The Labute approximate surface area is 209 Å². The van der Waals surface area contributed by atoms with E-state index in [0.717, 1.165) is 34.7 Å². The van der Waals surface area contributed by atoms with Gasteiger partial charge < -0.3 is 0 Å². The summed E-state index contributed by atoms with van der Waals surface area (Å²) in [5, 5.41) is 2.30. The standard InChI is InChI=1S/C28H25NO.2ClH.Ti/c1-2-8-28(30)29-18-27-21-11-5-3-9-19(21)15-16-25(27)24-14-7-13-23-22-12-6-4-10-20(22)17-26(23)24;;;/h3-7,9-16H,2,8,17-18H2,1H3,(H,29,30);2*1H;/q;;;+3/p-3. The van der Waals surface area contributed by atoms with Crippen LogP contribution in [-0.4, -0.2) is 9.29 Å². The SMILES string of the molecule is CCCC(=O)[N](Cc1c(-c2cccc3c2Cc2ccccc2-3)ccc2ccccc12)[Ti]([Cl])[Cl]. The molecule has 4 aromatic rings. The van der Waals surface area contributed by atoms with Crippen LogP contribution in [0.3, 0.4) is 0 Å². The first-order chi connectivity index (χ1) is 16.1. The monoisotopic (exact) mass is 508 g/mol. The molecule has 0 saturated heterocycles. The second-order valence-corrected chi connectivity index (χ2v) is 13.8. The molecule has 0 unspecified atom stereocenters. The van der Waals surface area contributed by atoms with E-state index in [4.69, 9.17) is 18.6 Å². The zero-order chi connectivity index (χ0) is 22.9. The van der Waals surface area contributed by atoms with E-state index in [9.17, 15) is 4.79 Å². The molecule has 0 saturated carbocycles. The van der Waals surface area contributed by atoms with Crippen molar-refractivity contribution >= 4 is 35.3 Å². The molecule has 0 N–H and O–H groups in total. The van der Waals surface area contributed by atoms with Crippen molar-refractivity contribution in [2.45, 2.75) is 32.7 Å². The predicted molar refractivity (Wildman–Crippen MR) is 135 cm³/mol. The van der Waals surface area contributed by atoms with Crippen molar-refractivity contribution in [2.24, 2.45) is 0 Å². The minimum absolute atomic E-state index is 0.0436. The molecule has 1 aliphatic carbocycles. The second kappa shape index (κ2) is 9.64. The number of amides is 1. The zero-order valence-corrected chi connectivity index (χ0v) is 21.5. The fourth-order valence-electron chi connectivity index (χ4n) is 4.92. The van der Waals surface area contributed by atoms with Crippen LogP contribution in [0.15, 0.2) is 78.9 Å². The Balaban J connectivity index is 1.69. The van der Waals surface area contributed by atoms with E-state index in [2.05, 4.69) is 72.8 Å². The van der Waals surface area contributed by atoms with Crippen molar-refractivity contribution in [3.05, 3.63) is 95.6 Å². The third-order valence-corrected chi connectivity index (χ3v) is 9.42. The summed E-state index contributed by atoms with van der Waals surface area (Å²) in [7, 11) is 12.9. The summed E-state index contributed by atoms with van der Waals surface area (Å²) < 4.78 is 1.75. The maximum atomic E-state index is 12.9. The molecular weight excluding hydrogens is 485 g/mol. The molecule has 2 nitrogen and oxygen atoms in total. The van der Waals surface area contributed by atoms with Crippen molar-refractivity contribution in [2.75, 3.05) is 0 Å². The van der Waals surface area contributed by atoms with Gasteiger partial charge in [-0.1, -0.05) is 0 Å². The van der Waals surface area contributed by atoms with Gasteiger partial charge in [0.25, 0.3) is 0 Å². The summed E-state index contributed by atoms with van der Waals surface area (Å²) in [6.07, 6.45) is 2.16. The molecular formula is C28H24Cl2NOTi. The van der Waals surface area contributed by atoms with E-state index in [-0.39, 0.29) is 5.91 Å². The van der Waals surface area contributed by atoms with Crippen LogP contribution in [0.5, 0.6) is 0 Å². The summed E-state index contributed by atoms with van der Waals surface area (Å²) >= 11 is -2.67. The number of halogens is 2. The normalized spacial score (nSPS) is 11.8. The van der Waals surface area contributed by atoms with Crippen molar-refractivity contribution < 1.29 is 20.8 Å². The Hall–Kier alpha value is -2.10. The van der Waals surface area contributed by atoms with Gasteiger partial charge in [-0.05, 0) is 0 Å². The molecule has 0 fully saturated rings. The molecule has 1 aliphatic rings. The average Bonchev–Trinajstić information content (AvgIpc) is 3.21. The first-order valence-corrected chi connectivity index (χ1v) is 16.3. The van der Waals surface area contributed by atoms with Crippen molar-refractivity contribution in [1.82, 2.24) is 3.38 Å². The summed E-state index contributed by atoms with van der Waals surface area (Å²) in [5.74, 6) is 0.0436. The van der Waals surface area contributed by atoms with Gasteiger partial charge in [-0.3, -0.25) is 0 Å². The number of carbonyl (C=O) groups is 1. The number of rotatable bonds is 6. The van der Waals surface area contributed by atoms with Crippen LogP contribution in [0.2, 0.25) is 0 Å². The van der Waals surface area contributed by atoms with Crippen LogP contribution < -0.4 is 0 Å². The van der Waals surface area contributed by atoms with Gasteiger partial charge in [0, 0.05) is 0 Å². The first kappa shape index (κ1) is 22.7. The molecule has 1 amide bonds. The van der Waals surface area contributed by atoms with Gasteiger partial charge in [-0.15, -0.1) is 0 Å². The van der Waals surface area contributed by atoms with Crippen molar-refractivity contribution in [3.63, 3.8) is 0 Å². The van der Waals surface area contributed by atoms with Gasteiger partial charge in [-0.2, -0.15) is 0 Å². The molecule has 0 aliphatic heterocycles. The molecule has 165 valence electrons. The van der Waals surface area contributed by atoms with Crippen LogP contribution in [-0.2, 0) is 33.8 Å². The summed E-state index contributed by atoms with van der Waals surface area (Å²) in [5.41, 5.74) is 8.80. The average molecular weight is 509 g/mol. The van der Waals surface area contributed by atoms with Crippen molar-refractivity contribution in [1.29, 1.82) is 0 Å². The number of carbonyl (C=O) groups excluding carboxylic acids is 1. The maximum absolute atomic E-state index is 12.9. The number of fused-ring (bicyclic) bond motifs is 4. The molecule has 0 aromatic heterocycles. The molecule has 0 heterocycles. The topological polar surface area (TPSA) is 20.3 Å². The summed E-state index contributed by atoms with van der Waals surface area (Å²) in [4.78, 5) is 12.9. The second-order valence-electron chi connectivity index (χ2n) is 8.45. The van der Waals surface area contributed by atoms with E-state index < -0.39 is 16.0 Å². The van der Waals surface area contributed by atoms with E-state index in [1.165, 1.54) is 27.8 Å². The van der Waals surface area contributed by atoms with Crippen LogP contribution >= 0.6 is 18.6 Å².